The lowest BCUT2D eigenvalue weighted by Gasteiger charge is -2.08. The minimum atomic E-state index is -3.80. The Balaban J connectivity index is 2.77. The van der Waals surface area contributed by atoms with Gasteiger partial charge in [0.2, 0.25) is 0 Å². The van der Waals surface area contributed by atoms with Gasteiger partial charge in [0, 0.05) is 16.4 Å². The average Bonchev–Trinajstić information content (AvgIpc) is 2.30. The normalized spacial score (nSPS) is 12.4. The summed E-state index contributed by atoms with van der Waals surface area (Å²) in [6.45, 7) is 1.56. The molecule has 1 aromatic carbocycles. The standard InChI is InChI=1S/C10H12BrClO5S2/c1-2-18(13,14)6-5-17-10-4-3-8(7-9(10)11)19(12,15)16/h3-4,7H,2,5-6H2,1H3. The van der Waals surface area contributed by atoms with E-state index in [1.807, 2.05) is 0 Å². The van der Waals surface area contributed by atoms with Crippen LogP contribution in [0.25, 0.3) is 0 Å². The molecule has 0 aliphatic rings. The summed E-state index contributed by atoms with van der Waals surface area (Å²) in [5, 5.41) is 0. The molecule has 0 N–H and O–H groups in total. The van der Waals surface area contributed by atoms with E-state index in [-0.39, 0.29) is 23.0 Å². The maximum absolute atomic E-state index is 11.3. The van der Waals surface area contributed by atoms with Gasteiger partial charge in [-0.05, 0) is 34.1 Å². The van der Waals surface area contributed by atoms with Gasteiger partial charge in [-0.15, -0.1) is 0 Å². The van der Waals surface area contributed by atoms with Gasteiger partial charge in [-0.3, -0.25) is 0 Å². The molecule has 9 heteroatoms. The highest BCUT2D eigenvalue weighted by Gasteiger charge is 2.13. The minimum Gasteiger partial charge on any atom is -0.491 e. The number of ether oxygens (including phenoxy) is 1. The Morgan fingerprint density at radius 2 is 1.89 bits per heavy atom. The average molecular weight is 392 g/mol. The molecule has 0 atom stereocenters. The van der Waals surface area contributed by atoms with Crippen molar-refractivity contribution in [2.75, 3.05) is 18.1 Å². The Morgan fingerprint density at radius 1 is 1.26 bits per heavy atom. The fraction of sp³-hybridized carbons (Fsp3) is 0.400. The maximum Gasteiger partial charge on any atom is 0.261 e. The summed E-state index contributed by atoms with van der Waals surface area (Å²) >= 11 is 3.14. The van der Waals surface area contributed by atoms with Crippen molar-refractivity contribution in [3.05, 3.63) is 22.7 Å². The van der Waals surface area contributed by atoms with Crippen LogP contribution >= 0.6 is 26.6 Å². The molecule has 0 unspecified atom stereocenters. The van der Waals surface area contributed by atoms with Gasteiger partial charge in [0.15, 0.2) is 9.84 Å². The smallest absolute Gasteiger partial charge is 0.261 e. The summed E-state index contributed by atoms with van der Waals surface area (Å²) in [5.41, 5.74) is 0. The van der Waals surface area contributed by atoms with Gasteiger partial charge in [0.05, 0.1) is 15.1 Å². The fourth-order valence-corrected chi connectivity index (χ4v) is 3.22. The number of hydrogen-bond acceptors (Lipinski definition) is 5. The predicted octanol–water partition coefficient (Wildman–Crippen LogP) is 2.19. The molecular weight excluding hydrogens is 380 g/mol. The lowest BCUT2D eigenvalue weighted by molar-refractivity contribution is 0.338. The van der Waals surface area contributed by atoms with Crippen molar-refractivity contribution in [3.8, 4) is 5.75 Å². The molecule has 0 bridgehead atoms. The highest BCUT2D eigenvalue weighted by atomic mass is 79.9. The second-order valence-electron chi connectivity index (χ2n) is 3.61. The molecule has 0 amide bonds. The number of hydrogen-bond donors (Lipinski definition) is 0. The van der Waals surface area contributed by atoms with Gasteiger partial charge in [-0.2, -0.15) is 0 Å². The zero-order chi connectivity index (χ0) is 14.7. The lowest BCUT2D eigenvalue weighted by Crippen LogP contribution is -2.15. The molecule has 0 heterocycles. The van der Waals surface area contributed by atoms with Crippen molar-refractivity contribution in [2.45, 2.75) is 11.8 Å². The van der Waals surface area contributed by atoms with Crippen LogP contribution in [0.4, 0.5) is 0 Å². The van der Waals surface area contributed by atoms with Crippen molar-refractivity contribution in [1.82, 2.24) is 0 Å². The first-order chi connectivity index (χ1) is 8.65. The third-order valence-electron chi connectivity index (χ3n) is 2.28. The van der Waals surface area contributed by atoms with Gasteiger partial charge in [-0.25, -0.2) is 16.8 Å². The van der Waals surface area contributed by atoms with E-state index < -0.39 is 18.9 Å². The zero-order valence-corrected chi connectivity index (χ0v) is 13.9. The van der Waals surface area contributed by atoms with E-state index in [0.29, 0.717) is 10.2 Å². The number of sulfone groups is 1. The van der Waals surface area contributed by atoms with E-state index in [0.717, 1.165) is 0 Å². The number of halogens is 2. The topological polar surface area (TPSA) is 77.5 Å². The number of rotatable bonds is 6. The first-order valence-corrected chi connectivity index (χ1v) is 10.2. The van der Waals surface area contributed by atoms with Crippen LogP contribution in [-0.4, -0.2) is 34.9 Å². The molecule has 1 aromatic rings. The van der Waals surface area contributed by atoms with Crippen molar-refractivity contribution in [3.63, 3.8) is 0 Å². The van der Waals surface area contributed by atoms with Crippen LogP contribution < -0.4 is 4.74 Å². The van der Waals surface area contributed by atoms with Gasteiger partial charge < -0.3 is 4.74 Å². The Hall–Kier alpha value is -0.310. The molecule has 0 aromatic heterocycles. The largest absolute Gasteiger partial charge is 0.491 e. The summed E-state index contributed by atoms with van der Waals surface area (Å²) in [4.78, 5) is -0.0606. The number of benzene rings is 1. The van der Waals surface area contributed by atoms with Crippen molar-refractivity contribution in [1.29, 1.82) is 0 Å². The Bertz CT molecular complexity index is 654. The SMILES string of the molecule is CCS(=O)(=O)CCOc1ccc(S(=O)(=O)Cl)cc1Br. The van der Waals surface area contributed by atoms with Crippen molar-refractivity contribution >= 4 is 45.5 Å². The molecule has 0 saturated heterocycles. The summed E-state index contributed by atoms with van der Waals surface area (Å²) in [5.74, 6) is 0.322. The Morgan fingerprint density at radius 3 is 2.37 bits per heavy atom. The highest BCUT2D eigenvalue weighted by molar-refractivity contribution is 9.10. The maximum atomic E-state index is 11.3. The second kappa shape index (κ2) is 6.43. The molecule has 19 heavy (non-hydrogen) atoms. The van der Waals surface area contributed by atoms with Crippen LogP contribution in [0.15, 0.2) is 27.6 Å². The molecule has 0 aliphatic carbocycles. The molecule has 108 valence electrons. The third-order valence-corrected chi connectivity index (χ3v) is 5.92. The molecule has 1 rings (SSSR count). The second-order valence-corrected chi connectivity index (χ2v) is 9.51. The summed E-state index contributed by atoms with van der Waals surface area (Å²) in [6.07, 6.45) is 0. The predicted molar refractivity (Wildman–Crippen MR) is 77.0 cm³/mol. The van der Waals surface area contributed by atoms with Crippen LogP contribution in [0, 0.1) is 0 Å². The third kappa shape index (κ3) is 5.29. The van der Waals surface area contributed by atoms with Gasteiger partial charge in [0.1, 0.15) is 12.4 Å². The van der Waals surface area contributed by atoms with E-state index in [2.05, 4.69) is 15.9 Å². The first kappa shape index (κ1) is 16.7. The molecule has 0 radical (unpaired) electrons. The quantitative estimate of drug-likeness (QED) is 0.695. The van der Waals surface area contributed by atoms with Crippen LogP contribution in [0.3, 0.4) is 0 Å². The molecule has 0 saturated carbocycles. The van der Waals surface area contributed by atoms with Crippen molar-refractivity contribution < 1.29 is 21.6 Å². The Kier molecular flexibility index (Phi) is 5.66. The fourth-order valence-electron chi connectivity index (χ4n) is 1.17. The Labute approximate surface area is 125 Å². The molecular formula is C10H12BrClO5S2. The van der Waals surface area contributed by atoms with Crippen molar-refractivity contribution in [2.24, 2.45) is 0 Å². The lowest BCUT2D eigenvalue weighted by atomic mass is 10.3. The van der Waals surface area contributed by atoms with E-state index in [9.17, 15) is 16.8 Å². The minimum absolute atomic E-state index is 0.00173. The zero-order valence-electron chi connectivity index (χ0n) is 9.97. The molecule has 5 nitrogen and oxygen atoms in total. The molecule has 0 fully saturated rings. The molecule has 0 spiro atoms. The summed E-state index contributed by atoms with van der Waals surface area (Å²) in [6, 6.07) is 4.00. The van der Waals surface area contributed by atoms with Crippen LogP contribution in [0.1, 0.15) is 6.92 Å². The van der Waals surface area contributed by atoms with Gasteiger partial charge in [-0.1, -0.05) is 6.92 Å². The van der Waals surface area contributed by atoms with E-state index in [1.165, 1.54) is 18.2 Å². The van der Waals surface area contributed by atoms with Crippen LogP contribution in [-0.2, 0) is 18.9 Å². The van der Waals surface area contributed by atoms with Crippen LogP contribution in [0.2, 0.25) is 0 Å². The highest BCUT2D eigenvalue weighted by Crippen LogP contribution is 2.29. The monoisotopic (exact) mass is 390 g/mol. The molecule has 0 aliphatic heterocycles. The summed E-state index contributed by atoms with van der Waals surface area (Å²) < 4.78 is 50.4. The summed E-state index contributed by atoms with van der Waals surface area (Å²) in [7, 11) is -1.69. The van der Waals surface area contributed by atoms with E-state index in [4.69, 9.17) is 15.4 Å². The van der Waals surface area contributed by atoms with Gasteiger partial charge >= 0.3 is 0 Å². The van der Waals surface area contributed by atoms with Gasteiger partial charge in [0.25, 0.3) is 9.05 Å². The van der Waals surface area contributed by atoms with Crippen LogP contribution in [0.5, 0.6) is 5.75 Å². The van der Waals surface area contributed by atoms with E-state index >= 15 is 0 Å². The first-order valence-electron chi connectivity index (χ1n) is 5.23. The van der Waals surface area contributed by atoms with E-state index in [1.54, 1.807) is 6.92 Å².